The molecule has 0 saturated heterocycles. The third kappa shape index (κ3) is 4.44. The van der Waals surface area contributed by atoms with Crippen molar-refractivity contribution in [2.75, 3.05) is 18.4 Å². The molecule has 0 aliphatic carbocycles. The Morgan fingerprint density at radius 2 is 2.33 bits per heavy atom. The van der Waals surface area contributed by atoms with Crippen LogP contribution < -0.4 is 10.6 Å². The molecule has 4 nitrogen and oxygen atoms in total. The maximum Gasteiger partial charge on any atom is 0.239 e. The predicted octanol–water partition coefficient (Wildman–Crippen LogP) is 1.33. The van der Waals surface area contributed by atoms with E-state index in [4.69, 9.17) is 0 Å². The number of rotatable bonds is 5. The average molecular weight is 207 g/mol. The standard InChI is InChI=1S/C11H17N3O/c1-3-5-13-11(15)8-14-10-4-6-12-9(2)7-10/h4,6-7H,3,5,8H2,1-2H3,(H,12,14)(H,13,15). The van der Waals surface area contributed by atoms with Crippen molar-refractivity contribution >= 4 is 11.6 Å². The Balaban J connectivity index is 2.33. The van der Waals surface area contributed by atoms with Crippen LogP contribution in [-0.4, -0.2) is 24.0 Å². The van der Waals surface area contributed by atoms with Gasteiger partial charge in [-0.3, -0.25) is 9.78 Å². The van der Waals surface area contributed by atoms with Crippen molar-refractivity contribution in [3.63, 3.8) is 0 Å². The van der Waals surface area contributed by atoms with Gasteiger partial charge in [0.25, 0.3) is 0 Å². The number of hydrogen-bond acceptors (Lipinski definition) is 3. The first kappa shape index (κ1) is 11.5. The predicted molar refractivity (Wildman–Crippen MR) is 60.8 cm³/mol. The molecule has 4 heteroatoms. The first-order valence-corrected chi connectivity index (χ1v) is 5.15. The Labute approximate surface area is 90.1 Å². The minimum Gasteiger partial charge on any atom is -0.376 e. The number of anilines is 1. The molecule has 0 unspecified atom stereocenters. The Bertz CT molecular complexity index is 325. The fourth-order valence-corrected chi connectivity index (χ4v) is 1.16. The molecule has 82 valence electrons. The highest BCUT2D eigenvalue weighted by molar-refractivity contribution is 5.80. The third-order valence-electron chi connectivity index (χ3n) is 1.92. The highest BCUT2D eigenvalue weighted by Gasteiger charge is 1.99. The normalized spacial score (nSPS) is 9.73. The van der Waals surface area contributed by atoms with Gasteiger partial charge in [-0.15, -0.1) is 0 Å². The molecule has 0 fully saturated rings. The lowest BCUT2D eigenvalue weighted by molar-refractivity contribution is -0.119. The number of nitrogens with one attached hydrogen (secondary N) is 2. The summed E-state index contributed by atoms with van der Waals surface area (Å²) in [6.07, 6.45) is 2.68. The zero-order valence-electron chi connectivity index (χ0n) is 9.21. The Kier molecular flexibility index (Phi) is 4.60. The summed E-state index contributed by atoms with van der Waals surface area (Å²) >= 11 is 0. The fraction of sp³-hybridized carbons (Fsp3) is 0.455. The SMILES string of the molecule is CCCNC(=O)CNc1ccnc(C)c1. The van der Waals surface area contributed by atoms with Crippen LogP contribution >= 0.6 is 0 Å². The number of amides is 1. The van der Waals surface area contributed by atoms with Crippen LogP contribution in [0.25, 0.3) is 0 Å². The molecular weight excluding hydrogens is 190 g/mol. The van der Waals surface area contributed by atoms with Gasteiger partial charge in [-0.1, -0.05) is 6.92 Å². The van der Waals surface area contributed by atoms with Crippen molar-refractivity contribution < 1.29 is 4.79 Å². The van der Waals surface area contributed by atoms with Crippen LogP contribution in [0, 0.1) is 6.92 Å². The highest BCUT2D eigenvalue weighted by atomic mass is 16.1. The molecule has 0 spiro atoms. The number of aryl methyl sites for hydroxylation is 1. The molecule has 0 saturated carbocycles. The van der Waals surface area contributed by atoms with Crippen molar-refractivity contribution in [1.82, 2.24) is 10.3 Å². The molecule has 1 amide bonds. The van der Waals surface area contributed by atoms with Crippen LogP contribution in [-0.2, 0) is 4.79 Å². The second-order valence-corrected chi connectivity index (χ2v) is 3.39. The first-order chi connectivity index (χ1) is 7.22. The van der Waals surface area contributed by atoms with Crippen LogP contribution in [0.5, 0.6) is 0 Å². The molecule has 0 radical (unpaired) electrons. The molecule has 1 aromatic heterocycles. The summed E-state index contributed by atoms with van der Waals surface area (Å²) in [5.74, 6) is 0.0197. The lowest BCUT2D eigenvalue weighted by Crippen LogP contribution is -2.30. The summed E-state index contributed by atoms with van der Waals surface area (Å²) < 4.78 is 0. The zero-order chi connectivity index (χ0) is 11.1. The van der Waals surface area contributed by atoms with Gasteiger partial charge in [-0.05, 0) is 25.5 Å². The van der Waals surface area contributed by atoms with Gasteiger partial charge in [0.15, 0.2) is 0 Å². The van der Waals surface area contributed by atoms with Crippen LogP contribution in [0.15, 0.2) is 18.3 Å². The second kappa shape index (κ2) is 6.01. The van der Waals surface area contributed by atoms with E-state index >= 15 is 0 Å². The Morgan fingerprint density at radius 1 is 1.53 bits per heavy atom. The minimum atomic E-state index is 0.0197. The first-order valence-electron chi connectivity index (χ1n) is 5.15. The van der Waals surface area contributed by atoms with Gasteiger partial charge in [0.2, 0.25) is 5.91 Å². The summed E-state index contributed by atoms with van der Waals surface area (Å²) in [5, 5.41) is 5.84. The molecule has 0 bridgehead atoms. The lowest BCUT2D eigenvalue weighted by Gasteiger charge is -2.06. The number of hydrogen-bond donors (Lipinski definition) is 2. The summed E-state index contributed by atoms with van der Waals surface area (Å²) in [4.78, 5) is 15.3. The Morgan fingerprint density at radius 3 is 3.00 bits per heavy atom. The summed E-state index contributed by atoms with van der Waals surface area (Å²) in [7, 11) is 0. The van der Waals surface area contributed by atoms with Gasteiger partial charge in [0.1, 0.15) is 0 Å². The average Bonchev–Trinajstić information content (AvgIpc) is 2.23. The van der Waals surface area contributed by atoms with Crippen molar-refractivity contribution in [2.24, 2.45) is 0 Å². The summed E-state index contributed by atoms with van der Waals surface area (Å²) in [6.45, 7) is 4.99. The van der Waals surface area contributed by atoms with Gasteiger partial charge in [0.05, 0.1) is 6.54 Å². The molecule has 1 aromatic rings. The van der Waals surface area contributed by atoms with Crippen LogP contribution in [0.3, 0.4) is 0 Å². The molecule has 0 atom stereocenters. The van der Waals surface area contributed by atoms with Gasteiger partial charge in [-0.2, -0.15) is 0 Å². The molecule has 15 heavy (non-hydrogen) atoms. The number of carbonyl (C=O) groups is 1. The summed E-state index contributed by atoms with van der Waals surface area (Å²) in [6, 6.07) is 3.76. The topological polar surface area (TPSA) is 54.0 Å². The van der Waals surface area contributed by atoms with E-state index in [1.807, 2.05) is 26.0 Å². The molecule has 2 N–H and O–H groups in total. The van der Waals surface area contributed by atoms with Gasteiger partial charge >= 0.3 is 0 Å². The molecule has 0 aliphatic heterocycles. The Hall–Kier alpha value is -1.58. The van der Waals surface area contributed by atoms with Gasteiger partial charge in [0, 0.05) is 24.1 Å². The van der Waals surface area contributed by atoms with E-state index in [9.17, 15) is 4.79 Å². The van der Waals surface area contributed by atoms with Crippen molar-refractivity contribution in [3.05, 3.63) is 24.0 Å². The van der Waals surface area contributed by atoms with E-state index in [0.717, 1.165) is 24.3 Å². The van der Waals surface area contributed by atoms with E-state index in [1.54, 1.807) is 6.20 Å². The van der Waals surface area contributed by atoms with Gasteiger partial charge < -0.3 is 10.6 Å². The van der Waals surface area contributed by atoms with Crippen molar-refractivity contribution in [1.29, 1.82) is 0 Å². The van der Waals surface area contributed by atoms with E-state index in [1.165, 1.54) is 0 Å². The highest BCUT2D eigenvalue weighted by Crippen LogP contribution is 2.05. The quantitative estimate of drug-likeness (QED) is 0.765. The van der Waals surface area contributed by atoms with Crippen LogP contribution in [0.2, 0.25) is 0 Å². The summed E-state index contributed by atoms with van der Waals surface area (Å²) in [5.41, 5.74) is 1.86. The molecular formula is C11H17N3O. The smallest absolute Gasteiger partial charge is 0.239 e. The maximum atomic E-state index is 11.3. The monoisotopic (exact) mass is 207 g/mol. The third-order valence-corrected chi connectivity index (χ3v) is 1.92. The van der Waals surface area contributed by atoms with E-state index in [0.29, 0.717) is 6.54 Å². The zero-order valence-corrected chi connectivity index (χ0v) is 9.21. The maximum absolute atomic E-state index is 11.3. The molecule has 1 rings (SSSR count). The largest absolute Gasteiger partial charge is 0.376 e. The molecule has 1 heterocycles. The van der Waals surface area contributed by atoms with E-state index in [2.05, 4.69) is 15.6 Å². The van der Waals surface area contributed by atoms with Crippen molar-refractivity contribution in [3.8, 4) is 0 Å². The number of nitrogens with zero attached hydrogens (tertiary/aromatic N) is 1. The fourth-order valence-electron chi connectivity index (χ4n) is 1.16. The minimum absolute atomic E-state index is 0.0197. The number of pyridine rings is 1. The molecule has 0 aliphatic rings. The van der Waals surface area contributed by atoms with Crippen LogP contribution in [0.1, 0.15) is 19.0 Å². The van der Waals surface area contributed by atoms with E-state index in [-0.39, 0.29) is 5.91 Å². The van der Waals surface area contributed by atoms with Gasteiger partial charge in [-0.25, -0.2) is 0 Å². The van der Waals surface area contributed by atoms with Crippen LogP contribution in [0.4, 0.5) is 5.69 Å². The second-order valence-electron chi connectivity index (χ2n) is 3.39. The number of carbonyl (C=O) groups excluding carboxylic acids is 1. The lowest BCUT2D eigenvalue weighted by atomic mass is 10.3. The van der Waals surface area contributed by atoms with E-state index < -0.39 is 0 Å². The number of aromatic nitrogens is 1. The molecule has 0 aromatic carbocycles. The van der Waals surface area contributed by atoms with Crippen molar-refractivity contribution in [2.45, 2.75) is 20.3 Å².